The molecule has 20 heavy (non-hydrogen) atoms. The molecule has 1 aromatic carbocycles. The fourth-order valence-corrected chi connectivity index (χ4v) is 2.62. The highest BCUT2D eigenvalue weighted by Crippen LogP contribution is 2.18. The number of rotatable bonds is 11. The summed E-state index contributed by atoms with van der Waals surface area (Å²) in [5.74, 6) is 0. The third-order valence-corrected chi connectivity index (χ3v) is 3.85. The van der Waals surface area contributed by atoms with Crippen LogP contribution in [0.4, 0.5) is 0 Å². The van der Waals surface area contributed by atoms with Gasteiger partial charge in [-0.25, -0.2) is 0 Å². The quantitative estimate of drug-likeness (QED) is 0.650. The highest BCUT2D eigenvalue weighted by atomic mass is 15.1. The van der Waals surface area contributed by atoms with Crippen molar-refractivity contribution in [2.75, 3.05) is 26.2 Å². The first-order valence-corrected chi connectivity index (χ1v) is 8.32. The maximum atomic E-state index is 3.75. The van der Waals surface area contributed by atoms with Gasteiger partial charge in [-0.2, -0.15) is 0 Å². The van der Waals surface area contributed by atoms with Crippen molar-refractivity contribution in [3.8, 4) is 0 Å². The lowest BCUT2D eigenvalue weighted by atomic mass is 10.0. The van der Waals surface area contributed by atoms with Crippen molar-refractivity contribution in [3.05, 3.63) is 35.9 Å². The van der Waals surface area contributed by atoms with Crippen LogP contribution in [0.25, 0.3) is 0 Å². The van der Waals surface area contributed by atoms with E-state index in [9.17, 15) is 0 Å². The van der Waals surface area contributed by atoms with Crippen LogP contribution in [0, 0.1) is 0 Å². The van der Waals surface area contributed by atoms with E-state index in [1.165, 1.54) is 37.8 Å². The maximum absolute atomic E-state index is 3.75. The van der Waals surface area contributed by atoms with Gasteiger partial charge in [0.1, 0.15) is 0 Å². The Balaban J connectivity index is 2.45. The Labute approximate surface area is 125 Å². The van der Waals surface area contributed by atoms with Crippen molar-refractivity contribution in [2.45, 2.75) is 52.5 Å². The van der Waals surface area contributed by atoms with Gasteiger partial charge >= 0.3 is 0 Å². The van der Waals surface area contributed by atoms with Gasteiger partial charge in [0.2, 0.25) is 0 Å². The molecule has 0 aliphatic rings. The molecular weight excluding hydrogens is 244 g/mol. The highest BCUT2D eigenvalue weighted by molar-refractivity contribution is 5.18. The molecule has 0 bridgehead atoms. The van der Waals surface area contributed by atoms with Crippen LogP contribution in [0.1, 0.15) is 58.1 Å². The van der Waals surface area contributed by atoms with Crippen molar-refractivity contribution in [3.63, 3.8) is 0 Å². The molecular formula is C18H32N2. The molecule has 1 rings (SSSR count). The molecule has 1 unspecified atom stereocenters. The molecule has 0 aliphatic heterocycles. The summed E-state index contributed by atoms with van der Waals surface area (Å²) in [6, 6.07) is 11.4. The molecule has 0 saturated heterocycles. The first kappa shape index (κ1) is 17.2. The van der Waals surface area contributed by atoms with Crippen LogP contribution < -0.4 is 5.32 Å². The summed E-state index contributed by atoms with van der Waals surface area (Å²) in [4.78, 5) is 2.52. The molecule has 0 aromatic heterocycles. The molecule has 0 radical (unpaired) electrons. The lowest BCUT2D eigenvalue weighted by molar-refractivity contribution is 0.281. The van der Waals surface area contributed by atoms with E-state index < -0.39 is 0 Å². The Kier molecular flexibility index (Phi) is 9.35. The van der Waals surface area contributed by atoms with E-state index >= 15 is 0 Å². The lowest BCUT2D eigenvalue weighted by Gasteiger charge is -2.23. The van der Waals surface area contributed by atoms with Crippen LogP contribution in [0.3, 0.4) is 0 Å². The summed E-state index contributed by atoms with van der Waals surface area (Å²) in [7, 11) is 0. The SMILES string of the molecule is CCCCC(NCCN(CC)CCC)c1ccccc1. The van der Waals surface area contributed by atoms with E-state index in [4.69, 9.17) is 0 Å². The van der Waals surface area contributed by atoms with Crippen molar-refractivity contribution in [2.24, 2.45) is 0 Å². The zero-order chi connectivity index (χ0) is 14.6. The van der Waals surface area contributed by atoms with E-state index in [1.807, 2.05) is 0 Å². The minimum Gasteiger partial charge on any atom is -0.309 e. The number of hydrogen-bond acceptors (Lipinski definition) is 2. The molecule has 2 heteroatoms. The van der Waals surface area contributed by atoms with Crippen LogP contribution in [-0.2, 0) is 0 Å². The molecule has 0 spiro atoms. The van der Waals surface area contributed by atoms with Crippen molar-refractivity contribution in [1.29, 1.82) is 0 Å². The molecule has 1 aromatic rings. The summed E-state index contributed by atoms with van der Waals surface area (Å²) in [6.07, 6.45) is 5.03. The summed E-state index contributed by atoms with van der Waals surface area (Å²) in [5.41, 5.74) is 1.43. The molecule has 0 aliphatic carbocycles. The number of unbranched alkanes of at least 4 members (excludes halogenated alkanes) is 1. The Morgan fingerprint density at radius 3 is 2.35 bits per heavy atom. The van der Waals surface area contributed by atoms with Crippen molar-refractivity contribution >= 4 is 0 Å². The van der Waals surface area contributed by atoms with Crippen LogP contribution >= 0.6 is 0 Å². The predicted octanol–water partition coefficient (Wildman–Crippen LogP) is 4.24. The zero-order valence-corrected chi connectivity index (χ0v) is 13.6. The second-order valence-electron chi connectivity index (χ2n) is 5.49. The molecule has 0 heterocycles. The summed E-state index contributed by atoms with van der Waals surface area (Å²) in [5, 5.41) is 3.75. The van der Waals surface area contributed by atoms with Gasteiger partial charge in [-0.1, -0.05) is 63.9 Å². The molecule has 1 atom stereocenters. The van der Waals surface area contributed by atoms with E-state index in [-0.39, 0.29) is 0 Å². The van der Waals surface area contributed by atoms with E-state index in [0.717, 1.165) is 19.6 Å². The van der Waals surface area contributed by atoms with Gasteiger partial charge in [0.15, 0.2) is 0 Å². The zero-order valence-electron chi connectivity index (χ0n) is 13.6. The minimum atomic E-state index is 0.511. The number of hydrogen-bond donors (Lipinski definition) is 1. The number of benzene rings is 1. The number of likely N-dealkylation sites (N-methyl/N-ethyl adjacent to an activating group) is 1. The van der Waals surface area contributed by atoms with Gasteiger partial charge in [-0.15, -0.1) is 0 Å². The Bertz CT molecular complexity index is 323. The minimum absolute atomic E-state index is 0.511. The predicted molar refractivity (Wildman–Crippen MR) is 89.1 cm³/mol. The standard InChI is InChI=1S/C18H32N2/c1-4-7-13-18(17-11-9-8-10-12-17)19-14-16-20(6-3)15-5-2/h8-12,18-19H,4-7,13-16H2,1-3H3. The molecule has 114 valence electrons. The first-order chi connectivity index (χ1) is 9.81. The van der Waals surface area contributed by atoms with Gasteiger partial charge in [0, 0.05) is 19.1 Å². The smallest absolute Gasteiger partial charge is 0.0320 e. The Hall–Kier alpha value is -0.860. The Morgan fingerprint density at radius 2 is 1.75 bits per heavy atom. The topological polar surface area (TPSA) is 15.3 Å². The Morgan fingerprint density at radius 1 is 1.00 bits per heavy atom. The van der Waals surface area contributed by atoms with Crippen LogP contribution in [0.2, 0.25) is 0 Å². The lowest BCUT2D eigenvalue weighted by Crippen LogP contribution is -2.34. The van der Waals surface area contributed by atoms with Crippen LogP contribution in [0.5, 0.6) is 0 Å². The second-order valence-corrected chi connectivity index (χ2v) is 5.49. The highest BCUT2D eigenvalue weighted by Gasteiger charge is 2.10. The van der Waals surface area contributed by atoms with E-state index in [1.54, 1.807) is 0 Å². The van der Waals surface area contributed by atoms with E-state index in [2.05, 4.69) is 61.3 Å². The summed E-state index contributed by atoms with van der Waals surface area (Å²) in [6.45, 7) is 11.4. The van der Waals surface area contributed by atoms with Gasteiger partial charge in [0.25, 0.3) is 0 Å². The average Bonchev–Trinajstić information content (AvgIpc) is 2.50. The third-order valence-electron chi connectivity index (χ3n) is 3.85. The molecule has 0 fully saturated rings. The van der Waals surface area contributed by atoms with Crippen LogP contribution in [0.15, 0.2) is 30.3 Å². The number of nitrogens with zero attached hydrogens (tertiary/aromatic N) is 1. The fourth-order valence-electron chi connectivity index (χ4n) is 2.62. The molecule has 0 amide bonds. The molecule has 1 N–H and O–H groups in total. The van der Waals surface area contributed by atoms with Crippen molar-refractivity contribution < 1.29 is 0 Å². The van der Waals surface area contributed by atoms with Gasteiger partial charge in [-0.3, -0.25) is 0 Å². The van der Waals surface area contributed by atoms with Gasteiger partial charge < -0.3 is 10.2 Å². The normalized spacial score (nSPS) is 12.8. The molecule has 2 nitrogen and oxygen atoms in total. The summed E-state index contributed by atoms with van der Waals surface area (Å²) < 4.78 is 0. The molecule has 0 saturated carbocycles. The van der Waals surface area contributed by atoms with Gasteiger partial charge in [-0.05, 0) is 31.5 Å². The monoisotopic (exact) mass is 276 g/mol. The summed E-state index contributed by atoms with van der Waals surface area (Å²) >= 11 is 0. The largest absolute Gasteiger partial charge is 0.309 e. The fraction of sp³-hybridized carbons (Fsp3) is 0.667. The number of nitrogens with one attached hydrogen (secondary N) is 1. The maximum Gasteiger partial charge on any atom is 0.0320 e. The van der Waals surface area contributed by atoms with Crippen molar-refractivity contribution in [1.82, 2.24) is 10.2 Å². The third kappa shape index (κ3) is 6.53. The van der Waals surface area contributed by atoms with Crippen LogP contribution in [-0.4, -0.2) is 31.1 Å². The first-order valence-electron chi connectivity index (χ1n) is 8.32. The van der Waals surface area contributed by atoms with Gasteiger partial charge in [0.05, 0.1) is 0 Å². The second kappa shape index (κ2) is 10.9. The van der Waals surface area contributed by atoms with E-state index in [0.29, 0.717) is 6.04 Å². The average molecular weight is 276 g/mol.